The van der Waals surface area contributed by atoms with Crippen LogP contribution in [-0.4, -0.2) is 68.7 Å². The molecule has 1 aromatic carbocycles. The number of ether oxygens (including phenoxy) is 4. The van der Waals surface area contributed by atoms with Crippen molar-refractivity contribution in [1.82, 2.24) is 0 Å². The Morgan fingerprint density at radius 2 is 1.48 bits per heavy atom. The molecule has 2 rings (SSSR count). The summed E-state index contributed by atoms with van der Waals surface area (Å²) in [6, 6.07) is 5.70. The van der Waals surface area contributed by atoms with Crippen LogP contribution in [0.3, 0.4) is 0 Å². The summed E-state index contributed by atoms with van der Waals surface area (Å²) in [5.41, 5.74) is 0.803. The summed E-state index contributed by atoms with van der Waals surface area (Å²) >= 11 is 0. The van der Waals surface area contributed by atoms with Gasteiger partial charge in [0.25, 0.3) is 10.1 Å². The number of esters is 3. The second kappa shape index (κ2) is 10.2. The van der Waals surface area contributed by atoms with Gasteiger partial charge >= 0.3 is 17.9 Å². The van der Waals surface area contributed by atoms with E-state index in [1.54, 1.807) is 19.1 Å². The Bertz CT molecular complexity index is 909. The van der Waals surface area contributed by atoms with Crippen molar-refractivity contribution in [3.63, 3.8) is 0 Å². The molecule has 172 valence electrons. The van der Waals surface area contributed by atoms with Gasteiger partial charge in [-0.1, -0.05) is 17.7 Å². The second-order valence-corrected chi connectivity index (χ2v) is 8.42. The Labute approximate surface area is 179 Å². The standard InChI is InChI=1S/C19H24O11S/c1-10-5-7-14(8-6-10)31(24,25)30-17-16(27-12(3)21)15(9-26-11(2)20)29-19(23)18(17)28-13(4)22/h5-8,15-19,23H,9H2,1-4H3/t15-,16-,17+,18-,19-/m1/s1. The lowest BCUT2D eigenvalue weighted by Crippen LogP contribution is -2.62. The molecule has 1 aliphatic rings. The number of benzene rings is 1. The quantitative estimate of drug-likeness (QED) is 0.338. The number of hydrogen-bond acceptors (Lipinski definition) is 11. The highest BCUT2D eigenvalue weighted by Gasteiger charge is 2.52. The monoisotopic (exact) mass is 460 g/mol. The summed E-state index contributed by atoms with van der Waals surface area (Å²) in [7, 11) is -4.45. The van der Waals surface area contributed by atoms with Crippen molar-refractivity contribution in [3.8, 4) is 0 Å². The van der Waals surface area contributed by atoms with Gasteiger partial charge in [-0.05, 0) is 19.1 Å². The zero-order valence-corrected chi connectivity index (χ0v) is 18.2. The molecule has 0 radical (unpaired) electrons. The molecule has 0 unspecified atom stereocenters. The maximum Gasteiger partial charge on any atom is 0.303 e. The second-order valence-electron chi connectivity index (χ2n) is 6.84. The van der Waals surface area contributed by atoms with E-state index < -0.39 is 65.3 Å². The Kier molecular flexibility index (Phi) is 8.12. The van der Waals surface area contributed by atoms with Crippen LogP contribution >= 0.6 is 0 Å². The highest BCUT2D eigenvalue weighted by molar-refractivity contribution is 7.86. The van der Waals surface area contributed by atoms with E-state index in [-0.39, 0.29) is 4.90 Å². The Morgan fingerprint density at radius 1 is 0.935 bits per heavy atom. The van der Waals surface area contributed by atoms with Gasteiger partial charge in [-0.3, -0.25) is 18.6 Å². The molecule has 1 heterocycles. The first-order chi connectivity index (χ1) is 14.4. The van der Waals surface area contributed by atoms with Gasteiger partial charge in [-0.15, -0.1) is 0 Å². The van der Waals surface area contributed by atoms with Crippen LogP contribution in [0.5, 0.6) is 0 Å². The Balaban J connectivity index is 2.45. The fourth-order valence-corrected chi connectivity index (χ4v) is 3.99. The van der Waals surface area contributed by atoms with E-state index >= 15 is 0 Å². The molecule has 1 aromatic rings. The molecule has 0 spiro atoms. The maximum absolute atomic E-state index is 12.8. The summed E-state index contributed by atoms with van der Waals surface area (Å²) in [6.45, 7) is 4.49. The van der Waals surface area contributed by atoms with Crippen LogP contribution in [0.4, 0.5) is 0 Å². The summed E-state index contributed by atoms with van der Waals surface area (Å²) in [5.74, 6) is -2.39. The number of aliphatic hydroxyl groups is 1. The van der Waals surface area contributed by atoms with Gasteiger partial charge in [0.1, 0.15) is 12.7 Å². The molecule has 0 saturated carbocycles. The molecule has 31 heavy (non-hydrogen) atoms. The van der Waals surface area contributed by atoms with E-state index in [4.69, 9.17) is 23.1 Å². The van der Waals surface area contributed by atoms with Gasteiger partial charge in [0.15, 0.2) is 24.6 Å². The molecule has 0 amide bonds. The third kappa shape index (κ3) is 6.72. The van der Waals surface area contributed by atoms with Crippen LogP contribution in [0.15, 0.2) is 29.2 Å². The Morgan fingerprint density at radius 3 is 2.00 bits per heavy atom. The lowest BCUT2D eigenvalue weighted by Gasteiger charge is -2.42. The fourth-order valence-electron chi connectivity index (χ4n) is 2.90. The third-order valence-electron chi connectivity index (χ3n) is 4.21. The molecule has 1 N–H and O–H groups in total. The lowest BCUT2D eigenvalue weighted by molar-refractivity contribution is -0.288. The normalized spacial score (nSPS) is 26.0. The largest absolute Gasteiger partial charge is 0.463 e. The molecular weight excluding hydrogens is 436 g/mol. The summed E-state index contributed by atoms with van der Waals surface area (Å²) in [4.78, 5) is 34.2. The third-order valence-corrected chi connectivity index (χ3v) is 5.54. The lowest BCUT2D eigenvalue weighted by atomic mass is 9.98. The van der Waals surface area contributed by atoms with Gasteiger partial charge in [-0.25, -0.2) is 0 Å². The van der Waals surface area contributed by atoms with Crippen molar-refractivity contribution in [2.24, 2.45) is 0 Å². The molecule has 11 nitrogen and oxygen atoms in total. The molecule has 0 aliphatic carbocycles. The number of rotatable bonds is 7. The van der Waals surface area contributed by atoms with E-state index in [0.29, 0.717) is 0 Å². The van der Waals surface area contributed by atoms with E-state index in [0.717, 1.165) is 26.3 Å². The molecule has 1 aliphatic heterocycles. The predicted molar refractivity (Wildman–Crippen MR) is 102 cm³/mol. The molecule has 0 aromatic heterocycles. The summed E-state index contributed by atoms with van der Waals surface area (Å²) in [6.07, 6.45) is -7.99. The van der Waals surface area contributed by atoms with Crippen molar-refractivity contribution < 1.29 is 51.0 Å². The first-order valence-corrected chi connectivity index (χ1v) is 10.6. The Hall–Kier alpha value is -2.54. The molecule has 12 heteroatoms. The van der Waals surface area contributed by atoms with E-state index in [1.807, 2.05) is 0 Å². The van der Waals surface area contributed by atoms with Crippen LogP contribution in [0, 0.1) is 6.92 Å². The molecular formula is C19H24O11S. The van der Waals surface area contributed by atoms with E-state index in [1.165, 1.54) is 12.1 Å². The van der Waals surface area contributed by atoms with Gasteiger partial charge in [-0.2, -0.15) is 8.42 Å². The SMILES string of the molecule is CC(=O)OC[C@H]1O[C@@H](O)[C@H](OC(C)=O)[C@@H](OS(=O)(=O)c2ccc(C)cc2)[C@@H]1OC(C)=O. The van der Waals surface area contributed by atoms with Crippen LogP contribution in [0.2, 0.25) is 0 Å². The minimum atomic E-state index is -4.45. The minimum Gasteiger partial charge on any atom is -0.463 e. The number of hydrogen-bond donors (Lipinski definition) is 1. The summed E-state index contributed by atoms with van der Waals surface area (Å²) in [5, 5.41) is 10.3. The van der Waals surface area contributed by atoms with Gasteiger partial charge in [0.2, 0.25) is 0 Å². The molecule has 1 fully saturated rings. The first kappa shape index (κ1) is 24.7. The molecule has 1 saturated heterocycles. The van der Waals surface area contributed by atoms with E-state index in [2.05, 4.69) is 0 Å². The van der Waals surface area contributed by atoms with Crippen molar-refractivity contribution >= 4 is 28.0 Å². The van der Waals surface area contributed by atoms with Gasteiger partial charge in [0.05, 0.1) is 4.90 Å². The topological polar surface area (TPSA) is 152 Å². The highest BCUT2D eigenvalue weighted by Crippen LogP contribution is 2.30. The van der Waals surface area contributed by atoms with Crippen LogP contribution < -0.4 is 0 Å². The average molecular weight is 460 g/mol. The van der Waals surface area contributed by atoms with Crippen molar-refractivity contribution in [1.29, 1.82) is 0 Å². The van der Waals surface area contributed by atoms with Crippen LogP contribution in [0.25, 0.3) is 0 Å². The fraction of sp³-hybridized carbons (Fsp3) is 0.526. The molecule has 5 atom stereocenters. The van der Waals surface area contributed by atoms with Gasteiger partial charge < -0.3 is 24.1 Å². The number of carbonyl (C=O) groups is 3. The molecule has 0 bridgehead atoms. The summed E-state index contributed by atoms with van der Waals surface area (Å²) < 4.78 is 51.3. The smallest absolute Gasteiger partial charge is 0.303 e. The maximum atomic E-state index is 12.8. The van der Waals surface area contributed by atoms with Crippen molar-refractivity contribution in [2.75, 3.05) is 6.61 Å². The van der Waals surface area contributed by atoms with E-state index in [9.17, 15) is 27.9 Å². The number of carbonyl (C=O) groups excluding carboxylic acids is 3. The van der Waals surface area contributed by atoms with Crippen molar-refractivity contribution in [3.05, 3.63) is 29.8 Å². The number of aliphatic hydroxyl groups excluding tert-OH is 1. The predicted octanol–water partition coefficient (Wildman–Crippen LogP) is 0.213. The van der Waals surface area contributed by atoms with Crippen molar-refractivity contribution in [2.45, 2.75) is 63.3 Å². The highest BCUT2D eigenvalue weighted by atomic mass is 32.2. The first-order valence-electron chi connectivity index (χ1n) is 9.22. The zero-order valence-electron chi connectivity index (χ0n) is 17.3. The van der Waals surface area contributed by atoms with Gasteiger partial charge in [0, 0.05) is 20.8 Å². The van der Waals surface area contributed by atoms with Crippen LogP contribution in [0.1, 0.15) is 26.3 Å². The number of aryl methyl sites for hydroxylation is 1. The minimum absolute atomic E-state index is 0.209. The zero-order chi connectivity index (χ0) is 23.3. The van der Waals surface area contributed by atoms with Crippen LogP contribution in [-0.2, 0) is 47.6 Å². The average Bonchev–Trinajstić information content (AvgIpc) is 2.65.